The van der Waals surface area contributed by atoms with Crippen molar-refractivity contribution < 1.29 is 9.59 Å². The number of imidazole rings is 1. The van der Waals surface area contributed by atoms with Gasteiger partial charge in [0.05, 0.1) is 0 Å². The van der Waals surface area contributed by atoms with Crippen LogP contribution in [0.3, 0.4) is 0 Å². The smallest absolute Gasteiger partial charge is 0.268 e. The summed E-state index contributed by atoms with van der Waals surface area (Å²) in [5.41, 5.74) is 3.28. The molecule has 26 heavy (non-hydrogen) atoms. The number of aromatic amines is 1. The molecule has 6 heteroatoms. The van der Waals surface area contributed by atoms with Crippen molar-refractivity contribution >= 4 is 11.7 Å². The van der Waals surface area contributed by atoms with E-state index >= 15 is 0 Å². The van der Waals surface area contributed by atoms with Crippen molar-refractivity contribution in [3.05, 3.63) is 76.6 Å². The van der Waals surface area contributed by atoms with Crippen molar-refractivity contribution in [2.45, 2.75) is 26.8 Å². The van der Waals surface area contributed by atoms with E-state index in [9.17, 15) is 9.59 Å². The Hall–Kier alpha value is -3.15. The summed E-state index contributed by atoms with van der Waals surface area (Å²) in [5, 5.41) is 3.05. The van der Waals surface area contributed by atoms with E-state index in [1.165, 1.54) is 6.92 Å². The average molecular weight is 350 g/mol. The zero-order valence-electron chi connectivity index (χ0n) is 15.3. The molecule has 1 aromatic carbocycles. The van der Waals surface area contributed by atoms with Gasteiger partial charge in [0.1, 0.15) is 17.6 Å². The maximum absolute atomic E-state index is 13.0. The lowest BCUT2D eigenvalue weighted by atomic mass is 10.0. The molecule has 2 aromatic heterocycles. The van der Waals surface area contributed by atoms with Gasteiger partial charge in [-0.05, 0) is 31.9 Å². The van der Waals surface area contributed by atoms with Gasteiger partial charge in [-0.1, -0.05) is 30.3 Å². The number of aryl methyl sites for hydroxylation is 2. The van der Waals surface area contributed by atoms with E-state index < -0.39 is 6.04 Å². The maximum atomic E-state index is 13.0. The van der Waals surface area contributed by atoms with E-state index in [4.69, 9.17) is 0 Å². The molecule has 6 nitrogen and oxygen atoms in total. The van der Waals surface area contributed by atoms with Crippen molar-refractivity contribution in [3.8, 4) is 0 Å². The number of hydrogen-bond donors (Lipinski definition) is 2. The number of amides is 1. The van der Waals surface area contributed by atoms with Crippen molar-refractivity contribution in [1.29, 1.82) is 0 Å². The molecule has 0 saturated heterocycles. The van der Waals surface area contributed by atoms with Crippen LogP contribution < -0.4 is 5.32 Å². The highest BCUT2D eigenvalue weighted by atomic mass is 16.2. The van der Waals surface area contributed by atoms with Crippen LogP contribution >= 0.6 is 0 Å². The fourth-order valence-corrected chi connectivity index (χ4v) is 3.31. The zero-order valence-corrected chi connectivity index (χ0v) is 15.3. The summed E-state index contributed by atoms with van der Waals surface area (Å²) in [6.45, 7) is 5.09. The normalized spacial score (nSPS) is 12.0. The minimum atomic E-state index is -0.396. The summed E-state index contributed by atoms with van der Waals surface area (Å²) in [6.07, 6.45) is 3.55. The number of rotatable bonds is 5. The molecule has 0 bridgehead atoms. The topological polar surface area (TPSA) is 79.8 Å². The number of carbonyl (C=O) groups excluding carboxylic acids is 2. The van der Waals surface area contributed by atoms with Gasteiger partial charge < -0.3 is 14.9 Å². The molecule has 0 aliphatic heterocycles. The Morgan fingerprint density at radius 1 is 1.19 bits per heavy atom. The third-order valence-electron chi connectivity index (χ3n) is 4.54. The highest BCUT2D eigenvalue weighted by molar-refractivity contribution is 6.02. The highest BCUT2D eigenvalue weighted by Crippen LogP contribution is 2.23. The molecule has 0 spiro atoms. The Labute approximate surface area is 152 Å². The van der Waals surface area contributed by atoms with Gasteiger partial charge in [-0.15, -0.1) is 0 Å². The van der Waals surface area contributed by atoms with E-state index in [1.54, 1.807) is 20.0 Å². The molecular weight excluding hydrogens is 328 g/mol. The summed E-state index contributed by atoms with van der Waals surface area (Å²) in [5.74, 6) is 0.409. The number of Topliss-reactive ketones (excluding diaryl/α,β-unsaturated/α-hetero) is 1. The molecule has 2 heterocycles. The van der Waals surface area contributed by atoms with Crippen LogP contribution in [0.4, 0.5) is 0 Å². The second-order valence-electron chi connectivity index (χ2n) is 6.39. The number of carbonyl (C=O) groups is 2. The molecule has 0 unspecified atom stereocenters. The Bertz CT molecular complexity index is 954. The number of H-pyrrole nitrogens is 1. The van der Waals surface area contributed by atoms with Crippen LogP contribution in [0.1, 0.15) is 56.5 Å². The first kappa shape index (κ1) is 17.7. The first-order chi connectivity index (χ1) is 12.4. The molecule has 1 atom stereocenters. The summed E-state index contributed by atoms with van der Waals surface area (Å²) in [4.78, 5) is 32.2. The fraction of sp³-hybridized carbons (Fsp3) is 0.250. The van der Waals surface area contributed by atoms with E-state index in [1.807, 2.05) is 48.1 Å². The summed E-state index contributed by atoms with van der Waals surface area (Å²) < 4.78 is 1.88. The second kappa shape index (κ2) is 7.00. The molecule has 1 amide bonds. The third-order valence-corrected chi connectivity index (χ3v) is 4.54. The van der Waals surface area contributed by atoms with Gasteiger partial charge in [-0.25, -0.2) is 4.98 Å². The van der Waals surface area contributed by atoms with Crippen LogP contribution in [0, 0.1) is 13.8 Å². The van der Waals surface area contributed by atoms with Crippen molar-refractivity contribution in [2.24, 2.45) is 7.05 Å². The Morgan fingerprint density at radius 2 is 1.88 bits per heavy atom. The van der Waals surface area contributed by atoms with Crippen LogP contribution in [0.25, 0.3) is 0 Å². The van der Waals surface area contributed by atoms with Crippen LogP contribution in [0.15, 0.2) is 42.7 Å². The molecule has 0 aliphatic rings. The molecule has 0 fully saturated rings. The SMILES string of the molecule is CC(=O)c1c(C)[nH]c(C(=O)N[C@@H](c2ccccc2)c2nccn2C)c1C. The van der Waals surface area contributed by atoms with Gasteiger partial charge in [0.2, 0.25) is 0 Å². The number of benzene rings is 1. The summed E-state index contributed by atoms with van der Waals surface area (Å²) in [7, 11) is 1.89. The number of aromatic nitrogens is 3. The zero-order chi connectivity index (χ0) is 18.8. The van der Waals surface area contributed by atoms with Gasteiger partial charge in [-0.3, -0.25) is 9.59 Å². The Balaban J connectivity index is 1.98. The fourth-order valence-electron chi connectivity index (χ4n) is 3.31. The predicted octanol–water partition coefficient (Wildman–Crippen LogP) is 3.09. The predicted molar refractivity (Wildman–Crippen MR) is 99.2 cm³/mol. The second-order valence-corrected chi connectivity index (χ2v) is 6.39. The first-order valence-electron chi connectivity index (χ1n) is 8.43. The van der Waals surface area contributed by atoms with E-state index in [2.05, 4.69) is 15.3 Å². The van der Waals surface area contributed by atoms with Crippen LogP contribution in [-0.4, -0.2) is 26.2 Å². The van der Waals surface area contributed by atoms with Gasteiger partial charge in [0.25, 0.3) is 5.91 Å². The minimum absolute atomic E-state index is 0.0565. The van der Waals surface area contributed by atoms with E-state index in [0.29, 0.717) is 22.5 Å². The molecule has 0 radical (unpaired) electrons. The largest absolute Gasteiger partial charge is 0.354 e. The molecule has 3 rings (SSSR count). The van der Waals surface area contributed by atoms with Gasteiger partial charge in [0, 0.05) is 30.7 Å². The standard InChI is InChI=1S/C20H22N4O2/c1-12-16(14(3)25)13(2)22-17(12)20(26)23-18(15-8-6-5-7-9-15)19-21-10-11-24(19)4/h5-11,18,22H,1-4H3,(H,23,26)/t18-/m0/s1. The molecule has 3 aromatic rings. The third kappa shape index (κ3) is 3.18. The highest BCUT2D eigenvalue weighted by Gasteiger charge is 2.25. The molecule has 0 saturated carbocycles. The molecular formula is C20H22N4O2. The molecule has 2 N–H and O–H groups in total. The van der Waals surface area contributed by atoms with Gasteiger partial charge in [0.15, 0.2) is 5.78 Å². The molecule has 134 valence electrons. The van der Waals surface area contributed by atoms with E-state index in [0.717, 1.165) is 11.4 Å². The van der Waals surface area contributed by atoms with Crippen molar-refractivity contribution in [3.63, 3.8) is 0 Å². The number of nitrogens with one attached hydrogen (secondary N) is 2. The minimum Gasteiger partial charge on any atom is -0.354 e. The van der Waals surface area contributed by atoms with Crippen LogP contribution in [0.5, 0.6) is 0 Å². The number of hydrogen-bond acceptors (Lipinski definition) is 3. The molecule has 0 aliphatic carbocycles. The summed E-state index contributed by atoms with van der Waals surface area (Å²) >= 11 is 0. The van der Waals surface area contributed by atoms with Crippen LogP contribution in [-0.2, 0) is 7.05 Å². The van der Waals surface area contributed by atoms with Gasteiger partial charge >= 0.3 is 0 Å². The van der Waals surface area contributed by atoms with Crippen LogP contribution in [0.2, 0.25) is 0 Å². The van der Waals surface area contributed by atoms with E-state index in [-0.39, 0.29) is 11.7 Å². The summed E-state index contributed by atoms with van der Waals surface area (Å²) in [6, 6.07) is 9.29. The van der Waals surface area contributed by atoms with Crippen molar-refractivity contribution in [1.82, 2.24) is 19.9 Å². The lowest BCUT2D eigenvalue weighted by Gasteiger charge is -2.19. The maximum Gasteiger partial charge on any atom is 0.268 e. The lowest BCUT2D eigenvalue weighted by molar-refractivity contribution is 0.0935. The van der Waals surface area contributed by atoms with Crippen molar-refractivity contribution in [2.75, 3.05) is 0 Å². The average Bonchev–Trinajstić information content (AvgIpc) is 3.16. The lowest BCUT2D eigenvalue weighted by Crippen LogP contribution is -2.31. The first-order valence-corrected chi connectivity index (χ1v) is 8.43. The Kier molecular flexibility index (Phi) is 4.75. The monoisotopic (exact) mass is 350 g/mol. The quantitative estimate of drug-likeness (QED) is 0.694. The number of ketones is 1. The number of nitrogens with zero attached hydrogens (tertiary/aromatic N) is 2. The Morgan fingerprint density at radius 3 is 2.42 bits per heavy atom. The van der Waals surface area contributed by atoms with Gasteiger partial charge in [-0.2, -0.15) is 0 Å².